The van der Waals surface area contributed by atoms with Gasteiger partial charge in [0.05, 0.1) is 12.8 Å². The van der Waals surface area contributed by atoms with E-state index in [0.29, 0.717) is 11.7 Å². The van der Waals surface area contributed by atoms with E-state index in [1.165, 1.54) is 0 Å². The van der Waals surface area contributed by atoms with Crippen LogP contribution in [0.2, 0.25) is 0 Å². The molecule has 0 unspecified atom stereocenters. The number of rotatable bonds is 9. The Bertz CT molecular complexity index is 585. The number of ether oxygens (including phenoxy) is 1. The molecule has 0 radical (unpaired) electrons. The molecule has 0 aliphatic heterocycles. The normalized spacial score (nSPS) is 11.1. The van der Waals surface area contributed by atoms with Gasteiger partial charge >= 0.3 is 0 Å². The Labute approximate surface area is 162 Å². The number of benzene rings is 1. The third-order valence-electron chi connectivity index (χ3n) is 3.11. The summed E-state index contributed by atoms with van der Waals surface area (Å²) in [6.45, 7) is 5.15. The number of allylic oxidation sites excluding steroid dienone is 1. The Balaban J connectivity index is 0.00000576. The molecule has 1 aromatic rings. The van der Waals surface area contributed by atoms with Crippen molar-refractivity contribution in [2.24, 2.45) is 5.10 Å². The van der Waals surface area contributed by atoms with Crippen molar-refractivity contribution in [3.8, 4) is 5.75 Å². The summed E-state index contributed by atoms with van der Waals surface area (Å²) in [5.74, 6) is 0.842. The van der Waals surface area contributed by atoms with Gasteiger partial charge in [-0.3, -0.25) is 5.43 Å². The highest BCUT2D eigenvalue weighted by Gasteiger charge is 1.99. The Hall–Kier alpha value is -1.89. The maximum atomic E-state index is 5.17. The van der Waals surface area contributed by atoms with Crippen LogP contribution in [0.15, 0.2) is 48.1 Å². The van der Waals surface area contributed by atoms with Crippen molar-refractivity contribution in [2.45, 2.75) is 6.42 Å². The highest BCUT2D eigenvalue weighted by atomic mass is 35.5. The van der Waals surface area contributed by atoms with E-state index >= 15 is 0 Å². The molecule has 0 saturated heterocycles. The van der Waals surface area contributed by atoms with Crippen LogP contribution < -0.4 is 15.5 Å². The summed E-state index contributed by atoms with van der Waals surface area (Å²) in [7, 11) is 5.73. The predicted octanol–water partition coefficient (Wildman–Crippen LogP) is 3.09. The number of hydrogen-bond acceptors (Lipinski definition) is 4. The van der Waals surface area contributed by atoms with Crippen LogP contribution in [0.4, 0.5) is 0 Å². The molecular weight excluding hydrogens is 356 g/mol. The van der Waals surface area contributed by atoms with E-state index in [4.69, 9.17) is 17.0 Å². The smallest absolute Gasteiger partial charge is 0.187 e. The van der Waals surface area contributed by atoms with Crippen molar-refractivity contribution in [3.63, 3.8) is 0 Å². The van der Waals surface area contributed by atoms with Gasteiger partial charge in [0.15, 0.2) is 5.11 Å². The van der Waals surface area contributed by atoms with E-state index < -0.39 is 0 Å². The average Bonchev–Trinajstić information content (AvgIpc) is 2.59. The summed E-state index contributed by atoms with van der Waals surface area (Å²) in [4.78, 5) is 2.12. The summed E-state index contributed by atoms with van der Waals surface area (Å²) in [6, 6.07) is 7.87. The summed E-state index contributed by atoms with van der Waals surface area (Å²) in [5, 5.41) is 7.86. The molecule has 1 aromatic carbocycles. The lowest BCUT2D eigenvalue weighted by Crippen LogP contribution is -2.32. The van der Waals surface area contributed by atoms with Crippen LogP contribution in [-0.2, 0) is 0 Å². The van der Waals surface area contributed by atoms with Crippen molar-refractivity contribution in [1.82, 2.24) is 15.6 Å². The van der Waals surface area contributed by atoms with Gasteiger partial charge in [-0.1, -0.05) is 24.3 Å². The molecule has 0 heterocycles. The highest BCUT2D eigenvalue weighted by molar-refractivity contribution is 7.80. The third kappa shape index (κ3) is 10.6. The van der Waals surface area contributed by atoms with Crippen LogP contribution in [0.5, 0.6) is 5.75 Å². The predicted molar refractivity (Wildman–Crippen MR) is 114 cm³/mol. The van der Waals surface area contributed by atoms with Crippen molar-refractivity contribution >= 4 is 41.5 Å². The Kier molecular flexibility index (Phi) is 12.4. The third-order valence-corrected chi connectivity index (χ3v) is 3.34. The first-order chi connectivity index (χ1) is 11.5. The lowest BCUT2D eigenvalue weighted by atomic mass is 10.1. The van der Waals surface area contributed by atoms with Gasteiger partial charge in [-0.05, 0) is 50.1 Å². The van der Waals surface area contributed by atoms with E-state index in [-0.39, 0.29) is 12.4 Å². The van der Waals surface area contributed by atoms with E-state index in [0.717, 1.165) is 30.0 Å². The second-order valence-corrected chi connectivity index (χ2v) is 5.78. The van der Waals surface area contributed by atoms with Gasteiger partial charge < -0.3 is 15.0 Å². The van der Waals surface area contributed by atoms with Gasteiger partial charge in [0.1, 0.15) is 5.75 Å². The minimum Gasteiger partial charge on any atom is -0.497 e. The largest absolute Gasteiger partial charge is 0.497 e. The van der Waals surface area contributed by atoms with Gasteiger partial charge in [0, 0.05) is 19.5 Å². The average molecular weight is 383 g/mol. The Morgan fingerprint density at radius 3 is 2.56 bits per heavy atom. The van der Waals surface area contributed by atoms with Gasteiger partial charge in [-0.25, -0.2) is 0 Å². The summed E-state index contributed by atoms with van der Waals surface area (Å²) >= 11 is 5.15. The van der Waals surface area contributed by atoms with E-state index in [9.17, 15) is 0 Å². The van der Waals surface area contributed by atoms with Crippen LogP contribution in [0.1, 0.15) is 12.0 Å². The first-order valence-corrected chi connectivity index (χ1v) is 8.14. The molecule has 138 valence electrons. The Morgan fingerprint density at radius 2 is 2.00 bits per heavy atom. The molecular formula is C18H27ClN4OS. The maximum absolute atomic E-state index is 5.17. The first kappa shape index (κ1) is 23.1. The second-order valence-electron chi connectivity index (χ2n) is 5.37. The fourth-order valence-corrected chi connectivity index (χ4v) is 1.88. The minimum absolute atomic E-state index is 0. The zero-order chi connectivity index (χ0) is 17.8. The van der Waals surface area contributed by atoms with Crippen molar-refractivity contribution < 1.29 is 4.74 Å². The van der Waals surface area contributed by atoms with Gasteiger partial charge in [0.2, 0.25) is 0 Å². The van der Waals surface area contributed by atoms with Crippen LogP contribution in [0.3, 0.4) is 0 Å². The lowest BCUT2D eigenvalue weighted by Gasteiger charge is -2.10. The number of nitrogens with one attached hydrogen (secondary N) is 2. The number of thiocarbonyl (C=S) groups is 1. The molecule has 0 bridgehead atoms. The monoisotopic (exact) mass is 382 g/mol. The first-order valence-electron chi connectivity index (χ1n) is 7.73. The van der Waals surface area contributed by atoms with Crippen LogP contribution >= 0.6 is 24.6 Å². The SMILES string of the molecule is C=CCNC(=S)N/N=C(/C=Cc1ccc(OC)cc1)CCN(C)C.Cl. The highest BCUT2D eigenvalue weighted by Crippen LogP contribution is 2.12. The molecule has 25 heavy (non-hydrogen) atoms. The number of nitrogens with zero attached hydrogens (tertiary/aromatic N) is 2. The van der Waals surface area contributed by atoms with Gasteiger partial charge in [0.25, 0.3) is 0 Å². The zero-order valence-corrected chi connectivity index (χ0v) is 16.6. The standard InChI is InChI=1S/C18H26N4OS.ClH/c1-5-13-19-18(24)21-20-16(12-14-22(2)3)9-6-15-7-10-17(23-4)11-8-15;/h5-11H,1,12-14H2,2-4H3,(H2,19,21,24);1H/b9-6?,20-16-;. The summed E-state index contributed by atoms with van der Waals surface area (Å²) in [6.07, 6.45) is 6.58. The lowest BCUT2D eigenvalue weighted by molar-refractivity contribution is 0.415. The maximum Gasteiger partial charge on any atom is 0.187 e. The number of hydrazone groups is 1. The van der Waals surface area contributed by atoms with Crippen molar-refractivity contribution in [1.29, 1.82) is 0 Å². The fourth-order valence-electron chi connectivity index (χ4n) is 1.75. The van der Waals surface area contributed by atoms with Gasteiger partial charge in [-0.2, -0.15) is 5.10 Å². The molecule has 0 amide bonds. The molecule has 0 atom stereocenters. The molecule has 2 N–H and O–H groups in total. The molecule has 1 rings (SSSR count). The van der Waals surface area contributed by atoms with E-state index in [1.54, 1.807) is 13.2 Å². The molecule has 0 aromatic heterocycles. The van der Waals surface area contributed by atoms with Crippen LogP contribution in [0.25, 0.3) is 6.08 Å². The van der Waals surface area contributed by atoms with Crippen molar-refractivity contribution in [2.75, 3.05) is 34.3 Å². The molecule has 0 saturated carbocycles. The van der Waals surface area contributed by atoms with E-state index in [1.807, 2.05) is 50.5 Å². The quantitative estimate of drug-likeness (QED) is 0.297. The van der Waals surface area contributed by atoms with Crippen molar-refractivity contribution in [3.05, 3.63) is 48.6 Å². The number of methoxy groups -OCH3 is 1. The number of halogens is 1. The molecule has 5 nitrogen and oxygen atoms in total. The molecule has 0 spiro atoms. The topological polar surface area (TPSA) is 48.9 Å². The fraction of sp³-hybridized carbons (Fsp3) is 0.333. The van der Waals surface area contributed by atoms with E-state index in [2.05, 4.69) is 27.3 Å². The molecule has 0 aliphatic rings. The van der Waals surface area contributed by atoms with Crippen LogP contribution in [0, 0.1) is 0 Å². The summed E-state index contributed by atoms with van der Waals surface area (Å²) in [5.41, 5.74) is 4.87. The molecule has 7 heteroatoms. The van der Waals surface area contributed by atoms with Crippen LogP contribution in [-0.4, -0.2) is 50.0 Å². The second kappa shape index (κ2) is 13.4. The van der Waals surface area contributed by atoms with Gasteiger partial charge in [-0.15, -0.1) is 19.0 Å². The summed E-state index contributed by atoms with van der Waals surface area (Å²) < 4.78 is 5.17. The molecule has 0 fully saturated rings. The number of hydrogen-bond donors (Lipinski definition) is 2. The zero-order valence-electron chi connectivity index (χ0n) is 15.0. The Morgan fingerprint density at radius 1 is 1.32 bits per heavy atom. The minimum atomic E-state index is 0. The molecule has 0 aliphatic carbocycles.